The van der Waals surface area contributed by atoms with Gasteiger partial charge in [0.05, 0.1) is 28.0 Å². The molecule has 0 N–H and O–H groups in total. The van der Waals surface area contributed by atoms with Crippen LogP contribution in [0.25, 0.3) is 0 Å². The van der Waals surface area contributed by atoms with Crippen molar-refractivity contribution in [3.05, 3.63) is 32.7 Å². The summed E-state index contributed by atoms with van der Waals surface area (Å²) in [6.45, 7) is 8.79. The minimum Gasteiger partial charge on any atom is -0.489 e. The van der Waals surface area contributed by atoms with Crippen LogP contribution >= 0.6 is 46.4 Å². The summed E-state index contributed by atoms with van der Waals surface area (Å²) in [6.07, 6.45) is 7.27. The highest BCUT2D eigenvalue weighted by molar-refractivity contribution is 6.55. The lowest BCUT2D eigenvalue weighted by Crippen LogP contribution is -2.30. The molecule has 2 rings (SSSR count). The van der Waals surface area contributed by atoms with Gasteiger partial charge < -0.3 is 19.0 Å². The Balaban J connectivity index is 1.80. The summed E-state index contributed by atoms with van der Waals surface area (Å²) in [5.74, 6) is 0.940. The monoisotopic (exact) mass is 539 g/mol. The molecule has 1 aromatic carbocycles. The van der Waals surface area contributed by atoms with E-state index in [-0.39, 0.29) is 28.9 Å². The van der Waals surface area contributed by atoms with E-state index in [0.717, 1.165) is 44.2 Å². The molecule has 0 bridgehead atoms. The Bertz CT molecular complexity index is 796. The first-order valence-electron chi connectivity index (χ1n) is 11.2. The quantitative estimate of drug-likeness (QED) is 0.209. The van der Waals surface area contributed by atoms with E-state index in [9.17, 15) is 0 Å². The van der Waals surface area contributed by atoms with Gasteiger partial charge in [0.15, 0.2) is 5.75 Å². The van der Waals surface area contributed by atoms with E-state index < -0.39 is 0 Å². The second-order valence-corrected chi connectivity index (χ2v) is 10.8. The summed E-state index contributed by atoms with van der Waals surface area (Å²) in [7, 11) is 0. The van der Waals surface area contributed by atoms with Gasteiger partial charge in [0.2, 0.25) is 0 Å². The molecule has 186 valence electrons. The number of ether oxygens (including phenoxy) is 3. The van der Waals surface area contributed by atoms with Gasteiger partial charge in [0.1, 0.15) is 22.4 Å². The summed E-state index contributed by atoms with van der Waals surface area (Å²) < 4.78 is 17.8. The Kier molecular flexibility index (Phi) is 11.9. The molecule has 33 heavy (non-hydrogen) atoms. The lowest BCUT2D eigenvalue weighted by Gasteiger charge is -2.26. The zero-order chi connectivity index (χ0) is 24.4. The molecule has 2 atom stereocenters. The molecule has 1 aromatic rings. The molecule has 0 saturated heterocycles. The fraction of sp³-hybridized carbons (Fsp3) is 0.625. The summed E-state index contributed by atoms with van der Waals surface area (Å²) in [5, 5.41) is 5.13. The zero-order valence-electron chi connectivity index (χ0n) is 19.6. The van der Waals surface area contributed by atoms with Crippen molar-refractivity contribution in [3.8, 4) is 11.5 Å². The Morgan fingerprint density at radius 2 is 1.88 bits per heavy atom. The topological polar surface area (TPSA) is 49.3 Å². The van der Waals surface area contributed by atoms with Crippen LogP contribution in [0, 0.1) is 0 Å². The van der Waals surface area contributed by atoms with E-state index in [1.165, 1.54) is 6.08 Å². The second-order valence-electron chi connectivity index (χ2n) is 8.98. The molecule has 2 unspecified atom stereocenters. The van der Waals surface area contributed by atoms with E-state index >= 15 is 0 Å². The first-order valence-corrected chi connectivity index (χ1v) is 12.7. The van der Waals surface area contributed by atoms with Gasteiger partial charge in [0.25, 0.3) is 0 Å². The van der Waals surface area contributed by atoms with Gasteiger partial charge in [0, 0.05) is 18.7 Å². The Labute approximate surface area is 217 Å². The number of halogens is 4. The third-order valence-electron chi connectivity index (χ3n) is 4.81. The van der Waals surface area contributed by atoms with Gasteiger partial charge in [-0.1, -0.05) is 58.0 Å². The number of benzene rings is 1. The number of hydrogen-bond donors (Lipinski definition) is 0. The van der Waals surface area contributed by atoms with Crippen LogP contribution in [-0.4, -0.2) is 36.7 Å². The van der Waals surface area contributed by atoms with Crippen molar-refractivity contribution in [2.45, 2.75) is 84.0 Å². The molecule has 1 aliphatic carbocycles. The summed E-state index contributed by atoms with van der Waals surface area (Å²) in [4.78, 5) is 5.61. The molecular formula is C24H33Cl4NO4. The molecule has 9 heteroatoms. The summed E-state index contributed by atoms with van der Waals surface area (Å²) >= 11 is 23.9. The minimum atomic E-state index is -0.302. The fourth-order valence-corrected chi connectivity index (χ4v) is 3.92. The SMILES string of the molecule is CC(CCCOC1CCCCC1=NOC(C)(C)C)Oc1c(Cl)cc(OCC=C(Cl)Cl)cc1Cl. The van der Waals surface area contributed by atoms with E-state index in [4.69, 9.17) is 65.5 Å². The van der Waals surface area contributed by atoms with Crippen molar-refractivity contribution in [1.29, 1.82) is 0 Å². The number of rotatable bonds is 11. The Morgan fingerprint density at radius 1 is 1.18 bits per heavy atom. The van der Waals surface area contributed by atoms with Crippen LogP contribution in [-0.2, 0) is 9.57 Å². The molecular weight excluding hydrogens is 508 g/mol. The van der Waals surface area contributed by atoms with Crippen molar-refractivity contribution in [3.63, 3.8) is 0 Å². The van der Waals surface area contributed by atoms with Crippen LogP contribution in [0.15, 0.2) is 27.9 Å². The molecule has 0 spiro atoms. The van der Waals surface area contributed by atoms with Gasteiger partial charge >= 0.3 is 0 Å². The number of hydrogen-bond acceptors (Lipinski definition) is 5. The standard InChI is InChI=1S/C24H33Cl4NO4/c1-16(32-23-18(25)14-17(15-19(23)26)30-13-11-22(27)28)8-7-12-31-21-10-6-5-9-20(21)29-33-24(2,3)4/h11,14-16,21H,5-10,12-13H2,1-4H3. The predicted octanol–water partition coefficient (Wildman–Crippen LogP) is 8.37. The maximum absolute atomic E-state index is 6.35. The van der Waals surface area contributed by atoms with Crippen LogP contribution in [0.3, 0.4) is 0 Å². The van der Waals surface area contributed by atoms with Gasteiger partial charge in [-0.2, -0.15) is 0 Å². The normalized spacial score (nSPS) is 18.7. The largest absolute Gasteiger partial charge is 0.489 e. The van der Waals surface area contributed by atoms with Crippen molar-refractivity contribution >= 4 is 52.1 Å². The molecule has 0 radical (unpaired) electrons. The molecule has 0 aliphatic heterocycles. The first kappa shape index (κ1) is 28.4. The number of oxime groups is 1. The van der Waals surface area contributed by atoms with E-state index in [0.29, 0.717) is 28.2 Å². The van der Waals surface area contributed by atoms with Crippen molar-refractivity contribution in [2.75, 3.05) is 13.2 Å². The molecule has 5 nitrogen and oxygen atoms in total. The van der Waals surface area contributed by atoms with Crippen LogP contribution in [0.5, 0.6) is 11.5 Å². The smallest absolute Gasteiger partial charge is 0.157 e. The molecule has 0 amide bonds. The average Bonchev–Trinajstić information content (AvgIpc) is 2.72. The second kappa shape index (κ2) is 13.9. The summed E-state index contributed by atoms with van der Waals surface area (Å²) in [5.41, 5.74) is 0.703. The third-order valence-corrected chi connectivity index (χ3v) is 5.68. The molecule has 0 aromatic heterocycles. The van der Waals surface area contributed by atoms with Gasteiger partial charge in [-0.25, -0.2) is 0 Å². The predicted molar refractivity (Wildman–Crippen MR) is 138 cm³/mol. The Hall–Kier alpha value is -0.850. The Morgan fingerprint density at radius 3 is 2.52 bits per heavy atom. The molecule has 0 heterocycles. The van der Waals surface area contributed by atoms with Crippen molar-refractivity contribution < 1.29 is 19.0 Å². The summed E-state index contributed by atoms with van der Waals surface area (Å²) in [6, 6.07) is 3.30. The van der Waals surface area contributed by atoms with E-state index in [1.807, 2.05) is 27.7 Å². The highest BCUT2D eigenvalue weighted by Crippen LogP contribution is 2.38. The van der Waals surface area contributed by atoms with Gasteiger partial charge in [-0.15, -0.1) is 0 Å². The maximum Gasteiger partial charge on any atom is 0.157 e. The van der Waals surface area contributed by atoms with Crippen LogP contribution in [0.1, 0.15) is 66.2 Å². The highest BCUT2D eigenvalue weighted by Gasteiger charge is 2.23. The van der Waals surface area contributed by atoms with E-state index in [1.54, 1.807) is 12.1 Å². The first-order chi connectivity index (χ1) is 15.5. The highest BCUT2D eigenvalue weighted by atomic mass is 35.5. The van der Waals surface area contributed by atoms with Crippen LogP contribution < -0.4 is 9.47 Å². The average molecular weight is 541 g/mol. The zero-order valence-corrected chi connectivity index (χ0v) is 22.7. The fourth-order valence-electron chi connectivity index (χ4n) is 3.23. The molecule has 1 fully saturated rings. The third kappa shape index (κ3) is 11.0. The van der Waals surface area contributed by atoms with Crippen LogP contribution in [0.4, 0.5) is 0 Å². The maximum atomic E-state index is 6.35. The number of nitrogens with zero attached hydrogens (tertiary/aromatic N) is 1. The van der Waals surface area contributed by atoms with Crippen molar-refractivity contribution in [2.24, 2.45) is 5.16 Å². The van der Waals surface area contributed by atoms with Crippen molar-refractivity contribution in [1.82, 2.24) is 0 Å². The van der Waals surface area contributed by atoms with E-state index in [2.05, 4.69) is 5.16 Å². The van der Waals surface area contributed by atoms with Gasteiger partial charge in [-0.3, -0.25) is 0 Å². The lowest BCUT2D eigenvalue weighted by atomic mass is 9.95. The minimum absolute atomic E-state index is 0.0253. The van der Waals surface area contributed by atoms with Crippen LogP contribution in [0.2, 0.25) is 10.0 Å². The lowest BCUT2D eigenvalue weighted by molar-refractivity contribution is -0.00467. The molecule has 1 aliphatic rings. The van der Waals surface area contributed by atoms with Gasteiger partial charge in [-0.05, 0) is 65.9 Å². The molecule has 1 saturated carbocycles.